The van der Waals surface area contributed by atoms with E-state index in [1.165, 1.54) is 17.8 Å². The zero-order valence-corrected chi connectivity index (χ0v) is 12.7. The van der Waals surface area contributed by atoms with Gasteiger partial charge in [-0.1, -0.05) is 23.9 Å². The minimum atomic E-state index is -0.855. The average molecular weight is 334 g/mol. The summed E-state index contributed by atoms with van der Waals surface area (Å²) in [6.45, 7) is 0. The molecular weight excluding hydrogens is 322 g/mol. The number of benzene rings is 1. The molecule has 2 heterocycles. The highest BCUT2D eigenvalue weighted by Crippen LogP contribution is 2.29. The lowest BCUT2D eigenvalue weighted by molar-refractivity contribution is 0.502. The van der Waals surface area contributed by atoms with Crippen molar-refractivity contribution in [2.24, 2.45) is 0 Å². The number of rotatable bonds is 5. The number of aromatic nitrogens is 5. The summed E-state index contributed by atoms with van der Waals surface area (Å²) >= 11 is 1.23. The van der Waals surface area contributed by atoms with Crippen LogP contribution in [0.1, 0.15) is 18.4 Å². The monoisotopic (exact) mass is 334 g/mol. The van der Waals surface area contributed by atoms with Crippen molar-refractivity contribution >= 4 is 28.7 Å². The molecule has 0 amide bonds. The van der Waals surface area contributed by atoms with E-state index in [9.17, 15) is 8.78 Å². The maximum Gasteiger partial charge on any atom is 0.207 e. The number of hydrogen-bond donors (Lipinski definition) is 2. The van der Waals surface area contributed by atoms with Crippen molar-refractivity contribution in [3.8, 4) is 0 Å². The SMILES string of the molecule is Fc1cccc(CSc2nc(NC3CC3)c3n[nH]nc3n2)c1F. The predicted octanol–water partition coefficient (Wildman–Crippen LogP) is 2.89. The van der Waals surface area contributed by atoms with Crippen molar-refractivity contribution in [2.75, 3.05) is 5.32 Å². The number of fused-ring (bicyclic) bond motifs is 1. The fourth-order valence-corrected chi connectivity index (χ4v) is 2.93. The standard InChI is InChI=1S/C14H12F2N6S/c15-9-3-1-2-7(10(9)16)6-23-14-18-12(17-8-4-5-8)11-13(19-14)21-22-20-11/h1-3,8H,4-6H2,(H2,17,18,19,20,21,22). The third kappa shape index (κ3) is 2.96. The molecule has 1 fully saturated rings. The number of thioether (sulfide) groups is 1. The van der Waals surface area contributed by atoms with E-state index < -0.39 is 11.6 Å². The number of anilines is 1. The molecule has 0 spiro atoms. The van der Waals surface area contributed by atoms with Gasteiger partial charge in [0.15, 0.2) is 28.1 Å². The molecule has 0 radical (unpaired) electrons. The molecule has 0 aliphatic heterocycles. The van der Waals surface area contributed by atoms with E-state index in [0.717, 1.165) is 18.9 Å². The van der Waals surface area contributed by atoms with Crippen LogP contribution in [0.4, 0.5) is 14.6 Å². The van der Waals surface area contributed by atoms with E-state index >= 15 is 0 Å². The summed E-state index contributed by atoms with van der Waals surface area (Å²) in [5.41, 5.74) is 1.30. The van der Waals surface area contributed by atoms with Gasteiger partial charge in [0.2, 0.25) is 5.65 Å². The maximum absolute atomic E-state index is 13.7. The lowest BCUT2D eigenvalue weighted by atomic mass is 10.2. The van der Waals surface area contributed by atoms with Crippen molar-refractivity contribution < 1.29 is 8.78 Å². The fourth-order valence-electron chi connectivity index (χ4n) is 2.11. The van der Waals surface area contributed by atoms with Crippen LogP contribution in [0.2, 0.25) is 0 Å². The molecule has 0 unspecified atom stereocenters. The highest BCUT2D eigenvalue weighted by atomic mass is 32.2. The van der Waals surface area contributed by atoms with Gasteiger partial charge in [0.05, 0.1) is 0 Å². The molecule has 1 aliphatic carbocycles. The quantitative estimate of drug-likeness (QED) is 0.552. The Hall–Kier alpha value is -2.29. The summed E-state index contributed by atoms with van der Waals surface area (Å²) < 4.78 is 26.9. The second-order valence-electron chi connectivity index (χ2n) is 5.27. The Balaban J connectivity index is 1.59. The van der Waals surface area contributed by atoms with Crippen molar-refractivity contribution in [2.45, 2.75) is 29.8 Å². The molecule has 2 aromatic heterocycles. The van der Waals surface area contributed by atoms with Gasteiger partial charge in [-0.3, -0.25) is 0 Å². The minimum Gasteiger partial charge on any atom is -0.365 e. The van der Waals surface area contributed by atoms with E-state index in [1.807, 2.05) is 0 Å². The van der Waals surface area contributed by atoms with Gasteiger partial charge >= 0.3 is 0 Å². The van der Waals surface area contributed by atoms with Crippen molar-refractivity contribution in [3.05, 3.63) is 35.4 Å². The van der Waals surface area contributed by atoms with Gasteiger partial charge in [0.1, 0.15) is 0 Å². The van der Waals surface area contributed by atoms with Crippen LogP contribution in [0.25, 0.3) is 11.2 Å². The Labute approximate surface area is 134 Å². The molecule has 0 saturated heterocycles. The van der Waals surface area contributed by atoms with Gasteiger partial charge in [-0.2, -0.15) is 15.3 Å². The molecule has 9 heteroatoms. The summed E-state index contributed by atoms with van der Waals surface area (Å²) in [6, 6.07) is 4.53. The van der Waals surface area contributed by atoms with Gasteiger partial charge in [-0.15, -0.1) is 5.10 Å². The van der Waals surface area contributed by atoms with Crippen molar-refractivity contribution in [1.82, 2.24) is 25.4 Å². The molecule has 118 valence electrons. The van der Waals surface area contributed by atoms with Crippen LogP contribution in [0.5, 0.6) is 0 Å². The Bertz CT molecular complexity index is 864. The Morgan fingerprint density at radius 1 is 1.22 bits per heavy atom. The van der Waals surface area contributed by atoms with E-state index in [2.05, 4.69) is 30.7 Å². The van der Waals surface area contributed by atoms with Crippen LogP contribution >= 0.6 is 11.8 Å². The van der Waals surface area contributed by atoms with Crippen LogP contribution in [-0.2, 0) is 5.75 Å². The molecule has 2 N–H and O–H groups in total. The zero-order chi connectivity index (χ0) is 15.8. The number of aromatic amines is 1. The van der Waals surface area contributed by atoms with Gasteiger partial charge < -0.3 is 5.32 Å². The normalized spacial score (nSPS) is 14.3. The first-order valence-corrected chi connectivity index (χ1v) is 8.10. The smallest absolute Gasteiger partial charge is 0.207 e. The zero-order valence-electron chi connectivity index (χ0n) is 11.9. The van der Waals surface area contributed by atoms with E-state index in [-0.39, 0.29) is 11.3 Å². The second-order valence-corrected chi connectivity index (χ2v) is 6.21. The molecule has 0 atom stereocenters. The van der Waals surface area contributed by atoms with Crippen LogP contribution in [0.15, 0.2) is 23.4 Å². The molecule has 3 aromatic rings. The average Bonchev–Trinajstić information content (AvgIpc) is 3.22. The number of H-pyrrole nitrogens is 1. The first kappa shape index (κ1) is 14.3. The molecule has 1 saturated carbocycles. The number of halogens is 2. The largest absolute Gasteiger partial charge is 0.365 e. The number of nitrogens with one attached hydrogen (secondary N) is 2. The third-order valence-corrected chi connectivity index (χ3v) is 4.37. The van der Waals surface area contributed by atoms with E-state index in [4.69, 9.17) is 0 Å². The van der Waals surface area contributed by atoms with Gasteiger partial charge in [-0.05, 0) is 18.9 Å². The maximum atomic E-state index is 13.7. The molecular formula is C14H12F2N6S. The van der Waals surface area contributed by atoms with Crippen molar-refractivity contribution in [3.63, 3.8) is 0 Å². The highest BCUT2D eigenvalue weighted by molar-refractivity contribution is 7.98. The van der Waals surface area contributed by atoms with E-state index in [0.29, 0.717) is 28.2 Å². The summed E-state index contributed by atoms with van der Waals surface area (Å²) in [5, 5.41) is 14.3. The lowest BCUT2D eigenvalue weighted by Gasteiger charge is -2.06. The highest BCUT2D eigenvalue weighted by Gasteiger charge is 2.24. The summed E-state index contributed by atoms with van der Waals surface area (Å²) in [6.07, 6.45) is 2.20. The Morgan fingerprint density at radius 3 is 2.91 bits per heavy atom. The minimum absolute atomic E-state index is 0.232. The molecule has 0 bridgehead atoms. The summed E-state index contributed by atoms with van der Waals surface area (Å²) in [4.78, 5) is 8.70. The third-order valence-electron chi connectivity index (χ3n) is 3.47. The van der Waals surface area contributed by atoms with Crippen molar-refractivity contribution in [1.29, 1.82) is 0 Å². The predicted molar refractivity (Wildman–Crippen MR) is 82.0 cm³/mol. The molecule has 4 rings (SSSR count). The lowest BCUT2D eigenvalue weighted by Crippen LogP contribution is -2.05. The number of hydrogen-bond acceptors (Lipinski definition) is 6. The van der Waals surface area contributed by atoms with Crippen LogP contribution < -0.4 is 5.32 Å². The first-order chi connectivity index (χ1) is 11.2. The van der Waals surface area contributed by atoms with Crippen LogP contribution in [-0.4, -0.2) is 31.4 Å². The summed E-state index contributed by atoms with van der Waals surface area (Å²) in [5.74, 6) is -0.838. The second kappa shape index (κ2) is 5.73. The summed E-state index contributed by atoms with van der Waals surface area (Å²) in [7, 11) is 0. The number of nitrogens with zero attached hydrogens (tertiary/aromatic N) is 4. The molecule has 1 aliphatic rings. The first-order valence-electron chi connectivity index (χ1n) is 7.11. The van der Waals surface area contributed by atoms with Crippen LogP contribution in [0.3, 0.4) is 0 Å². The Morgan fingerprint density at radius 2 is 2.09 bits per heavy atom. The molecule has 1 aromatic carbocycles. The molecule has 6 nitrogen and oxygen atoms in total. The topological polar surface area (TPSA) is 79.4 Å². The van der Waals surface area contributed by atoms with Crippen LogP contribution in [0, 0.1) is 11.6 Å². The van der Waals surface area contributed by atoms with Gasteiger partial charge in [0.25, 0.3) is 0 Å². The fraction of sp³-hybridized carbons (Fsp3) is 0.286. The van der Waals surface area contributed by atoms with E-state index in [1.54, 1.807) is 6.07 Å². The molecule has 23 heavy (non-hydrogen) atoms. The van der Waals surface area contributed by atoms with Gasteiger partial charge in [-0.25, -0.2) is 13.8 Å². The Kier molecular flexibility index (Phi) is 3.56. The van der Waals surface area contributed by atoms with Gasteiger partial charge in [0, 0.05) is 17.4 Å².